The molecule has 16 heavy (non-hydrogen) atoms. The van der Waals surface area contributed by atoms with Gasteiger partial charge in [0, 0.05) is 25.2 Å². The van der Waals surface area contributed by atoms with Crippen LogP contribution in [0.5, 0.6) is 0 Å². The molecule has 0 saturated heterocycles. The monoisotopic (exact) mass is 218 g/mol. The van der Waals surface area contributed by atoms with E-state index in [4.69, 9.17) is 0 Å². The average Bonchev–Trinajstić information content (AvgIpc) is 2.68. The lowest BCUT2D eigenvalue weighted by molar-refractivity contribution is 0.915. The molecule has 0 amide bonds. The van der Waals surface area contributed by atoms with Gasteiger partial charge in [0.25, 0.3) is 0 Å². The highest BCUT2D eigenvalue weighted by atomic mass is 15.1. The van der Waals surface area contributed by atoms with E-state index in [1.807, 2.05) is 17.8 Å². The zero-order valence-corrected chi connectivity index (χ0v) is 10.1. The standard InChI is InChI=1S/C12H18N4/c1-4-7-13-12-14-10(5-2)9-6-8-16(3)11(9)15-12/h6,8H,4-5,7H2,1-3H3,(H,13,14,15). The second-order valence-corrected chi connectivity index (χ2v) is 3.94. The molecule has 0 fully saturated rings. The van der Waals surface area contributed by atoms with Crippen molar-refractivity contribution in [2.45, 2.75) is 26.7 Å². The maximum atomic E-state index is 4.53. The van der Waals surface area contributed by atoms with Crippen LogP contribution in [0.15, 0.2) is 12.3 Å². The highest BCUT2D eigenvalue weighted by Crippen LogP contribution is 2.18. The molecule has 0 aromatic carbocycles. The van der Waals surface area contributed by atoms with E-state index in [1.54, 1.807) is 0 Å². The van der Waals surface area contributed by atoms with Crippen molar-refractivity contribution in [1.82, 2.24) is 14.5 Å². The van der Waals surface area contributed by atoms with Gasteiger partial charge >= 0.3 is 0 Å². The first-order valence-corrected chi connectivity index (χ1v) is 5.82. The Morgan fingerprint density at radius 1 is 1.31 bits per heavy atom. The van der Waals surface area contributed by atoms with Crippen molar-refractivity contribution in [2.24, 2.45) is 7.05 Å². The number of hydrogen-bond acceptors (Lipinski definition) is 3. The maximum absolute atomic E-state index is 4.53. The van der Waals surface area contributed by atoms with Gasteiger partial charge < -0.3 is 9.88 Å². The number of aryl methyl sites for hydroxylation is 2. The highest BCUT2D eigenvalue weighted by Gasteiger charge is 2.08. The third-order valence-corrected chi connectivity index (χ3v) is 2.67. The highest BCUT2D eigenvalue weighted by molar-refractivity contribution is 5.79. The van der Waals surface area contributed by atoms with Gasteiger partial charge in [-0.2, -0.15) is 4.98 Å². The largest absolute Gasteiger partial charge is 0.354 e. The van der Waals surface area contributed by atoms with E-state index in [2.05, 4.69) is 35.2 Å². The summed E-state index contributed by atoms with van der Waals surface area (Å²) in [5, 5.41) is 4.40. The van der Waals surface area contributed by atoms with Crippen LogP contribution in [-0.4, -0.2) is 21.1 Å². The van der Waals surface area contributed by atoms with Crippen molar-refractivity contribution < 1.29 is 0 Å². The number of anilines is 1. The molecule has 0 spiro atoms. The molecule has 1 N–H and O–H groups in total. The summed E-state index contributed by atoms with van der Waals surface area (Å²) in [7, 11) is 2.01. The first kappa shape index (κ1) is 10.9. The van der Waals surface area contributed by atoms with Crippen molar-refractivity contribution >= 4 is 17.0 Å². The molecule has 0 aliphatic carbocycles. The Bertz CT molecular complexity index is 487. The molecule has 0 radical (unpaired) electrons. The minimum atomic E-state index is 0.744. The number of nitrogens with one attached hydrogen (secondary N) is 1. The van der Waals surface area contributed by atoms with Crippen LogP contribution in [0.3, 0.4) is 0 Å². The van der Waals surface area contributed by atoms with Crippen molar-refractivity contribution in [3.05, 3.63) is 18.0 Å². The molecule has 2 rings (SSSR count). The second-order valence-electron chi connectivity index (χ2n) is 3.94. The minimum Gasteiger partial charge on any atom is -0.354 e. The van der Waals surface area contributed by atoms with Gasteiger partial charge in [-0.05, 0) is 18.9 Å². The Hall–Kier alpha value is -1.58. The van der Waals surface area contributed by atoms with Crippen LogP contribution in [-0.2, 0) is 13.5 Å². The zero-order chi connectivity index (χ0) is 11.5. The second kappa shape index (κ2) is 4.51. The summed E-state index contributed by atoms with van der Waals surface area (Å²) in [4.78, 5) is 9.06. The molecular weight excluding hydrogens is 200 g/mol. The van der Waals surface area contributed by atoms with Crippen LogP contribution in [0, 0.1) is 0 Å². The van der Waals surface area contributed by atoms with Gasteiger partial charge in [-0.25, -0.2) is 4.98 Å². The summed E-state index contributed by atoms with van der Waals surface area (Å²) in [5.41, 5.74) is 2.12. The topological polar surface area (TPSA) is 42.7 Å². The first-order chi connectivity index (χ1) is 7.76. The van der Waals surface area contributed by atoms with Crippen molar-refractivity contribution in [3.63, 3.8) is 0 Å². The van der Waals surface area contributed by atoms with Crippen LogP contribution in [0.2, 0.25) is 0 Å². The van der Waals surface area contributed by atoms with E-state index in [0.29, 0.717) is 0 Å². The van der Waals surface area contributed by atoms with Gasteiger partial charge in [-0.3, -0.25) is 0 Å². The molecule has 0 atom stereocenters. The SMILES string of the molecule is CCCNc1nc(CC)c2ccn(C)c2n1. The summed E-state index contributed by atoms with van der Waals surface area (Å²) >= 11 is 0. The van der Waals surface area contributed by atoms with Gasteiger partial charge in [-0.1, -0.05) is 13.8 Å². The van der Waals surface area contributed by atoms with Crippen LogP contribution in [0.25, 0.3) is 11.0 Å². The van der Waals surface area contributed by atoms with E-state index in [1.165, 1.54) is 0 Å². The lowest BCUT2D eigenvalue weighted by Crippen LogP contribution is -2.07. The number of aromatic nitrogens is 3. The quantitative estimate of drug-likeness (QED) is 0.856. The zero-order valence-electron chi connectivity index (χ0n) is 10.1. The molecule has 0 unspecified atom stereocenters. The van der Waals surface area contributed by atoms with Gasteiger partial charge in [0.1, 0.15) is 5.65 Å². The Kier molecular flexibility index (Phi) is 3.08. The van der Waals surface area contributed by atoms with Crippen molar-refractivity contribution in [2.75, 3.05) is 11.9 Å². The molecule has 4 heteroatoms. The predicted octanol–water partition coefficient (Wildman–Crippen LogP) is 2.35. The van der Waals surface area contributed by atoms with E-state index in [0.717, 1.165) is 42.1 Å². The fourth-order valence-electron chi connectivity index (χ4n) is 1.78. The Morgan fingerprint density at radius 3 is 2.81 bits per heavy atom. The van der Waals surface area contributed by atoms with E-state index in [9.17, 15) is 0 Å². The first-order valence-electron chi connectivity index (χ1n) is 5.82. The number of nitrogens with zero attached hydrogens (tertiary/aromatic N) is 3. The third kappa shape index (κ3) is 1.87. The Balaban J connectivity index is 2.48. The molecule has 4 nitrogen and oxygen atoms in total. The van der Waals surface area contributed by atoms with Crippen molar-refractivity contribution in [1.29, 1.82) is 0 Å². The van der Waals surface area contributed by atoms with E-state index in [-0.39, 0.29) is 0 Å². The molecular formula is C12H18N4. The lowest BCUT2D eigenvalue weighted by Gasteiger charge is -2.06. The fraction of sp³-hybridized carbons (Fsp3) is 0.500. The fourth-order valence-corrected chi connectivity index (χ4v) is 1.78. The molecule has 86 valence electrons. The van der Waals surface area contributed by atoms with Gasteiger partial charge in [0.15, 0.2) is 0 Å². The number of fused-ring (bicyclic) bond motifs is 1. The van der Waals surface area contributed by atoms with Crippen LogP contribution < -0.4 is 5.32 Å². The van der Waals surface area contributed by atoms with E-state index >= 15 is 0 Å². The molecule has 2 heterocycles. The van der Waals surface area contributed by atoms with Gasteiger partial charge in [-0.15, -0.1) is 0 Å². The lowest BCUT2D eigenvalue weighted by atomic mass is 10.2. The average molecular weight is 218 g/mol. The number of rotatable bonds is 4. The van der Waals surface area contributed by atoms with E-state index < -0.39 is 0 Å². The Morgan fingerprint density at radius 2 is 2.12 bits per heavy atom. The summed E-state index contributed by atoms with van der Waals surface area (Å²) in [5.74, 6) is 0.744. The summed E-state index contributed by atoms with van der Waals surface area (Å²) in [6.07, 6.45) is 4.04. The molecule has 0 aliphatic heterocycles. The van der Waals surface area contributed by atoms with Gasteiger partial charge in [0.05, 0.1) is 5.69 Å². The van der Waals surface area contributed by atoms with Crippen LogP contribution in [0.1, 0.15) is 26.0 Å². The number of hydrogen-bond donors (Lipinski definition) is 1. The van der Waals surface area contributed by atoms with Gasteiger partial charge in [0.2, 0.25) is 5.95 Å². The van der Waals surface area contributed by atoms with Crippen molar-refractivity contribution in [3.8, 4) is 0 Å². The van der Waals surface area contributed by atoms with Crippen LogP contribution in [0.4, 0.5) is 5.95 Å². The summed E-state index contributed by atoms with van der Waals surface area (Å²) in [6, 6.07) is 2.08. The third-order valence-electron chi connectivity index (χ3n) is 2.67. The molecule has 0 aliphatic rings. The Labute approximate surface area is 95.7 Å². The normalized spacial score (nSPS) is 10.9. The summed E-state index contributed by atoms with van der Waals surface area (Å²) in [6.45, 7) is 5.17. The smallest absolute Gasteiger partial charge is 0.224 e. The van der Waals surface area contributed by atoms with Crippen LogP contribution >= 0.6 is 0 Å². The maximum Gasteiger partial charge on any atom is 0.224 e. The molecule has 2 aromatic rings. The summed E-state index contributed by atoms with van der Waals surface area (Å²) < 4.78 is 2.04. The molecule has 0 saturated carbocycles. The predicted molar refractivity (Wildman–Crippen MR) is 66.7 cm³/mol. The molecule has 0 bridgehead atoms. The molecule has 2 aromatic heterocycles. The minimum absolute atomic E-state index is 0.744.